The van der Waals surface area contributed by atoms with Crippen molar-refractivity contribution in [2.24, 2.45) is 0 Å². The van der Waals surface area contributed by atoms with E-state index in [0.29, 0.717) is 23.0 Å². The molecule has 0 saturated carbocycles. The molecule has 0 radical (unpaired) electrons. The van der Waals surface area contributed by atoms with E-state index in [1.54, 1.807) is 0 Å². The standard InChI is InChI=1S/C11H10F6.C10H12F2.2C10H14.C9H10F2.CH4/c1-6(2)7-3-8(10(12,13)14)5-9(4-7)11(15,16)17;1-6(2)8-4-9(11)7(3)10(12)5-8;2*1-8(2)10-6-4-9(3)5-7-10;1-6(2)7-3-8(10)5-9(11)4-7;/h3-6H,1-2H3;4-6H,1-3H3;2*4-8H,1-3H3;3-6H,1-2H3;1H4. The fourth-order valence-electron chi connectivity index (χ4n) is 5.12. The number of benzene rings is 5. The molecule has 0 aliphatic carbocycles. The fraction of sp³-hybridized carbons (Fsp3) is 0.412. The molecule has 0 aromatic heterocycles. The van der Waals surface area contributed by atoms with Crippen LogP contribution in [0.3, 0.4) is 0 Å². The summed E-state index contributed by atoms with van der Waals surface area (Å²) in [4.78, 5) is 0. The van der Waals surface area contributed by atoms with E-state index in [1.807, 2.05) is 27.7 Å². The van der Waals surface area contributed by atoms with Crippen LogP contribution in [0.25, 0.3) is 0 Å². The first-order valence-electron chi connectivity index (χ1n) is 19.9. The Hall–Kier alpha value is -4.60. The molecule has 0 N–H and O–H groups in total. The third-order valence-electron chi connectivity index (χ3n) is 9.29. The number of rotatable bonds is 5. The quantitative estimate of drug-likeness (QED) is 0.154. The van der Waals surface area contributed by atoms with Gasteiger partial charge in [-0.15, -0.1) is 0 Å². The summed E-state index contributed by atoms with van der Waals surface area (Å²) in [6.45, 7) is 25.2. The Labute approximate surface area is 358 Å². The van der Waals surface area contributed by atoms with Crippen LogP contribution in [0.5, 0.6) is 0 Å². The molecule has 5 aromatic rings. The fourth-order valence-corrected chi connectivity index (χ4v) is 5.12. The van der Waals surface area contributed by atoms with Crippen molar-refractivity contribution in [3.05, 3.63) is 176 Å². The van der Waals surface area contributed by atoms with E-state index in [0.717, 1.165) is 18.2 Å². The van der Waals surface area contributed by atoms with Gasteiger partial charge in [0.1, 0.15) is 23.3 Å². The summed E-state index contributed by atoms with van der Waals surface area (Å²) in [7, 11) is 0. The first kappa shape index (κ1) is 56.4. The summed E-state index contributed by atoms with van der Waals surface area (Å²) in [5.74, 6) is -0.700. The van der Waals surface area contributed by atoms with Crippen molar-refractivity contribution in [3.63, 3.8) is 0 Å². The van der Waals surface area contributed by atoms with Gasteiger partial charge in [0.05, 0.1) is 11.1 Å². The van der Waals surface area contributed by atoms with Gasteiger partial charge in [-0.05, 0) is 121 Å². The lowest BCUT2D eigenvalue weighted by Gasteiger charge is -2.15. The third-order valence-corrected chi connectivity index (χ3v) is 9.29. The maximum atomic E-state index is 13.0. The first-order valence-corrected chi connectivity index (χ1v) is 19.9. The van der Waals surface area contributed by atoms with Gasteiger partial charge in [0.25, 0.3) is 0 Å². The van der Waals surface area contributed by atoms with E-state index < -0.39 is 52.7 Å². The summed E-state index contributed by atoms with van der Waals surface area (Å²) in [6, 6.07) is 25.4. The monoisotopic (exact) mass is 866 g/mol. The zero-order valence-corrected chi connectivity index (χ0v) is 36.9. The lowest BCUT2D eigenvalue weighted by Crippen LogP contribution is -2.12. The van der Waals surface area contributed by atoms with Crippen molar-refractivity contribution in [3.8, 4) is 0 Å². The maximum Gasteiger partial charge on any atom is 0.416 e. The van der Waals surface area contributed by atoms with Crippen molar-refractivity contribution >= 4 is 0 Å². The molecule has 338 valence electrons. The van der Waals surface area contributed by atoms with Gasteiger partial charge in [-0.3, -0.25) is 0 Å². The first-order chi connectivity index (χ1) is 27.5. The molecule has 0 aliphatic rings. The predicted molar refractivity (Wildman–Crippen MR) is 233 cm³/mol. The highest BCUT2D eigenvalue weighted by molar-refractivity contribution is 5.35. The van der Waals surface area contributed by atoms with Gasteiger partial charge < -0.3 is 0 Å². The van der Waals surface area contributed by atoms with Crippen LogP contribution in [-0.4, -0.2) is 0 Å². The van der Waals surface area contributed by atoms with Crippen LogP contribution >= 0.6 is 0 Å². The Balaban J connectivity index is 0.000000746. The van der Waals surface area contributed by atoms with Crippen LogP contribution in [0.15, 0.2) is 97.1 Å². The number of alkyl halides is 6. The predicted octanol–water partition coefficient (Wildman–Crippen LogP) is 18.2. The van der Waals surface area contributed by atoms with Crippen LogP contribution in [0.2, 0.25) is 0 Å². The topological polar surface area (TPSA) is 0 Å². The normalized spacial score (nSPS) is 11.1. The average Bonchev–Trinajstić information content (AvgIpc) is 3.13. The summed E-state index contributed by atoms with van der Waals surface area (Å²) in [5, 5.41) is 0. The highest BCUT2D eigenvalue weighted by Gasteiger charge is 2.37. The minimum Gasteiger partial charge on any atom is -0.207 e. The highest BCUT2D eigenvalue weighted by Crippen LogP contribution is 2.37. The molecular weight excluding hydrogens is 803 g/mol. The van der Waals surface area contributed by atoms with Crippen LogP contribution < -0.4 is 0 Å². The van der Waals surface area contributed by atoms with Gasteiger partial charge in [-0.1, -0.05) is 136 Å². The average molecular weight is 867 g/mol. The number of hydrogen-bond acceptors (Lipinski definition) is 0. The number of aryl methyl sites for hydroxylation is 2. The van der Waals surface area contributed by atoms with Gasteiger partial charge in [0.2, 0.25) is 0 Å². The smallest absolute Gasteiger partial charge is 0.207 e. The van der Waals surface area contributed by atoms with E-state index in [1.165, 1.54) is 67.3 Å². The van der Waals surface area contributed by atoms with Gasteiger partial charge in [-0.2, -0.15) is 26.3 Å². The number of hydrogen-bond donors (Lipinski definition) is 0. The molecule has 0 atom stereocenters. The molecule has 0 nitrogen and oxygen atoms in total. The Morgan fingerprint density at radius 3 is 0.869 bits per heavy atom. The summed E-state index contributed by atoms with van der Waals surface area (Å²) < 4.78 is 126. The summed E-state index contributed by atoms with van der Waals surface area (Å²) in [6.07, 6.45) is -9.55. The molecule has 61 heavy (non-hydrogen) atoms. The third kappa shape index (κ3) is 20.7. The van der Waals surface area contributed by atoms with Crippen molar-refractivity contribution < 1.29 is 43.9 Å². The molecule has 0 bridgehead atoms. The molecule has 5 rings (SSSR count). The Kier molecular flexibility index (Phi) is 23.5. The molecule has 0 unspecified atom stereocenters. The number of halogens is 10. The van der Waals surface area contributed by atoms with Gasteiger partial charge in [0.15, 0.2) is 0 Å². The van der Waals surface area contributed by atoms with E-state index in [9.17, 15) is 43.9 Å². The van der Waals surface area contributed by atoms with Crippen molar-refractivity contribution in [1.82, 2.24) is 0 Å². The summed E-state index contributed by atoms with van der Waals surface area (Å²) >= 11 is 0. The Morgan fingerprint density at radius 1 is 0.344 bits per heavy atom. The SMILES string of the molecule is C.CC(C)c1cc(C(F)(F)F)cc(C(F)(F)F)c1.CC(C)c1cc(F)cc(F)c1.Cc1c(F)cc(C(C)C)cc1F.Cc1ccc(C(C)C)cc1.Cc1ccc(C(C)C)cc1. The van der Waals surface area contributed by atoms with Crippen molar-refractivity contribution in [1.29, 1.82) is 0 Å². The Bertz CT molecular complexity index is 1890. The minimum atomic E-state index is -4.77. The second kappa shape index (κ2) is 25.4. The maximum absolute atomic E-state index is 13.0. The summed E-state index contributed by atoms with van der Waals surface area (Å²) in [5.41, 5.74) is 4.50. The molecule has 0 fully saturated rings. The second-order valence-corrected chi connectivity index (χ2v) is 16.2. The molecule has 0 heterocycles. The molecular formula is C51H64F10. The van der Waals surface area contributed by atoms with E-state index in [2.05, 4.69) is 90.1 Å². The van der Waals surface area contributed by atoms with Crippen molar-refractivity contribution in [2.75, 3.05) is 0 Å². The van der Waals surface area contributed by atoms with Crippen molar-refractivity contribution in [2.45, 2.75) is 139 Å². The van der Waals surface area contributed by atoms with Gasteiger partial charge in [-0.25, -0.2) is 17.6 Å². The highest BCUT2D eigenvalue weighted by atomic mass is 19.4. The lowest BCUT2D eigenvalue weighted by atomic mass is 9.97. The molecule has 0 saturated heterocycles. The molecule has 0 spiro atoms. The van der Waals surface area contributed by atoms with Crippen LogP contribution in [0.1, 0.15) is 162 Å². The largest absolute Gasteiger partial charge is 0.416 e. The lowest BCUT2D eigenvalue weighted by molar-refractivity contribution is -0.143. The Morgan fingerprint density at radius 2 is 0.607 bits per heavy atom. The minimum absolute atomic E-state index is 0. The van der Waals surface area contributed by atoms with Gasteiger partial charge in [0, 0.05) is 11.6 Å². The molecule has 0 amide bonds. The van der Waals surface area contributed by atoms with E-state index in [4.69, 9.17) is 0 Å². The zero-order chi connectivity index (χ0) is 46.3. The molecule has 5 aromatic carbocycles. The van der Waals surface area contributed by atoms with E-state index in [-0.39, 0.29) is 36.5 Å². The molecule has 10 heteroatoms. The van der Waals surface area contributed by atoms with Crippen LogP contribution in [0.4, 0.5) is 43.9 Å². The second-order valence-electron chi connectivity index (χ2n) is 16.2. The van der Waals surface area contributed by atoms with E-state index >= 15 is 0 Å². The van der Waals surface area contributed by atoms with Crippen LogP contribution in [-0.2, 0) is 12.4 Å². The van der Waals surface area contributed by atoms with Gasteiger partial charge >= 0.3 is 12.4 Å². The molecule has 0 aliphatic heterocycles. The van der Waals surface area contributed by atoms with Crippen LogP contribution in [0, 0.1) is 44.0 Å². The zero-order valence-electron chi connectivity index (χ0n) is 36.9.